The summed E-state index contributed by atoms with van der Waals surface area (Å²) < 4.78 is 0. The van der Waals surface area contributed by atoms with Crippen LogP contribution in [0.1, 0.15) is 37.7 Å². The summed E-state index contributed by atoms with van der Waals surface area (Å²) in [7, 11) is 1.95. The summed E-state index contributed by atoms with van der Waals surface area (Å²) in [4.78, 5) is 3.13. The number of hydrogen-bond donors (Lipinski definition) is 3. The van der Waals surface area contributed by atoms with Gasteiger partial charge in [0, 0.05) is 24.5 Å². The molecule has 4 bridgehead atoms. The first-order chi connectivity index (χ1) is 9.70. The Kier molecular flexibility index (Phi) is 2.97. The van der Waals surface area contributed by atoms with Gasteiger partial charge in [-0.3, -0.25) is 0 Å². The second kappa shape index (κ2) is 4.60. The van der Waals surface area contributed by atoms with Crippen LogP contribution in [0.25, 0.3) is 0 Å². The number of aromatic nitrogens is 1. The van der Waals surface area contributed by atoms with E-state index in [2.05, 4.69) is 16.4 Å². The third kappa shape index (κ3) is 1.79. The van der Waals surface area contributed by atoms with Crippen LogP contribution in [0.15, 0.2) is 18.5 Å². The number of nitrogens with one attached hydrogen (secondary N) is 2. The third-order valence-electron chi connectivity index (χ3n) is 6.32. The van der Waals surface area contributed by atoms with E-state index in [0.717, 1.165) is 29.2 Å². The van der Waals surface area contributed by atoms with Crippen LogP contribution >= 0.6 is 0 Å². The van der Waals surface area contributed by atoms with Crippen LogP contribution in [0.2, 0.25) is 0 Å². The van der Waals surface area contributed by atoms with Crippen LogP contribution in [0.5, 0.6) is 0 Å². The Bertz CT molecular complexity index is 441. The van der Waals surface area contributed by atoms with Crippen LogP contribution in [0, 0.1) is 29.6 Å². The SMILES string of the molecule is CNCC(O)(c1cc[nH]c1)C1C2CC3CC(C2)CC1C3. The van der Waals surface area contributed by atoms with Gasteiger partial charge in [0.2, 0.25) is 0 Å². The molecule has 3 N–H and O–H groups in total. The highest BCUT2D eigenvalue weighted by Gasteiger charge is 2.55. The maximum atomic E-state index is 11.5. The van der Waals surface area contributed by atoms with E-state index in [4.69, 9.17) is 0 Å². The molecule has 4 saturated carbocycles. The Balaban J connectivity index is 1.70. The number of rotatable bonds is 4. The van der Waals surface area contributed by atoms with E-state index in [1.165, 1.54) is 32.1 Å². The molecule has 0 radical (unpaired) electrons. The molecule has 1 heterocycles. The van der Waals surface area contributed by atoms with Crippen LogP contribution in [-0.4, -0.2) is 23.7 Å². The average molecular weight is 274 g/mol. The minimum atomic E-state index is -0.697. The molecule has 3 nitrogen and oxygen atoms in total. The van der Waals surface area contributed by atoms with Crippen LogP contribution < -0.4 is 5.32 Å². The molecule has 3 heteroatoms. The van der Waals surface area contributed by atoms with Gasteiger partial charge in [0.15, 0.2) is 0 Å². The zero-order chi connectivity index (χ0) is 13.7. The van der Waals surface area contributed by atoms with Gasteiger partial charge in [-0.25, -0.2) is 0 Å². The van der Waals surface area contributed by atoms with Gasteiger partial charge >= 0.3 is 0 Å². The molecule has 1 aromatic heterocycles. The molecule has 1 unspecified atom stereocenters. The maximum Gasteiger partial charge on any atom is 0.107 e. The van der Waals surface area contributed by atoms with Crippen molar-refractivity contribution in [2.75, 3.05) is 13.6 Å². The largest absolute Gasteiger partial charge is 0.383 e. The standard InChI is InChI=1S/C17H26N2O/c1-18-10-17(20,15-2-3-19-9-15)16-13-5-11-4-12(7-13)8-14(16)6-11/h2-3,9,11-14,16,18-20H,4-8,10H2,1H3. The van der Waals surface area contributed by atoms with Crippen molar-refractivity contribution in [2.24, 2.45) is 29.6 Å². The predicted octanol–water partition coefficient (Wildman–Crippen LogP) is 2.49. The van der Waals surface area contributed by atoms with Gasteiger partial charge < -0.3 is 15.4 Å². The van der Waals surface area contributed by atoms with E-state index < -0.39 is 5.60 Å². The smallest absolute Gasteiger partial charge is 0.107 e. The highest BCUT2D eigenvalue weighted by Crippen LogP contribution is 2.60. The zero-order valence-electron chi connectivity index (χ0n) is 12.3. The van der Waals surface area contributed by atoms with Crippen molar-refractivity contribution < 1.29 is 5.11 Å². The average Bonchev–Trinajstić information content (AvgIpc) is 2.91. The normalized spacial score (nSPS) is 41.8. The van der Waals surface area contributed by atoms with Crippen molar-refractivity contribution in [3.05, 3.63) is 24.0 Å². The van der Waals surface area contributed by atoms with Gasteiger partial charge in [-0.15, -0.1) is 0 Å². The topological polar surface area (TPSA) is 48.0 Å². The van der Waals surface area contributed by atoms with Crippen molar-refractivity contribution in [1.29, 1.82) is 0 Å². The van der Waals surface area contributed by atoms with Crippen LogP contribution in [0.3, 0.4) is 0 Å². The zero-order valence-corrected chi connectivity index (χ0v) is 12.3. The molecule has 0 aromatic carbocycles. The third-order valence-corrected chi connectivity index (χ3v) is 6.32. The molecule has 4 aliphatic carbocycles. The minimum absolute atomic E-state index is 0.443. The van der Waals surface area contributed by atoms with E-state index in [-0.39, 0.29) is 0 Å². The van der Waals surface area contributed by atoms with Crippen LogP contribution in [0.4, 0.5) is 0 Å². The molecule has 0 spiro atoms. The Morgan fingerprint density at radius 1 is 1.20 bits per heavy atom. The summed E-state index contributed by atoms with van der Waals surface area (Å²) in [5.74, 6) is 3.83. The predicted molar refractivity (Wildman–Crippen MR) is 79.2 cm³/mol. The Labute approximate surface area is 121 Å². The van der Waals surface area contributed by atoms with Gasteiger partial charge in [0.25, 0.3) is 0 Å². The van der Waals surface area contributed by atoms with Crippen LogP contribution in [-0.2, 0) is 5.60 Å². The number of hydrogen-bond acceptors (Lipinski definition) is 2. The fourth-order valence-electron chi connectivity index (χ4n) is 5.98. The molecule has 0 aliphatic heterocycles. The lowest BCUT2D eigenvalue weighted by Crippen LogP contribution is -2.56. The summed E-state index contributed by atoms with van der Waals surface area (Å²) in [6, 6.07) is 2.06. The van der Waals surface area contributed by atoms with Gasteiger partial charge in [-0.05, 0) is 74.8 Å². The Morgan fingerprint density at radius 3 is 2.35 bits per heavy atom. The summed E-state index contributed by atoms with van der Waals surface area (Å²) in [5.41, 5.74) is 0.376. The molecule has 4 aliphatic rings. The molecule has 20 heavy (non-hydrogen) atoms. The monoisotopic (exact) mass is 274 g/mol. The molecule has 5 rings (SSSR count). The molecule has 0 saturated heterocycles. The fourth-order valence-corrected chi connectivity index (χ4v) is 5.98. The van der Waals surface area contributed by atoms with Gasteiger partial charge in [-0.2, -0.15) is 0 Å². The first-order valence-electron chi connectivity index (χ1n) is 8.21. The van der Waals surface area contributed by atoms with Crippen molar-refractivity contribution in [3.8, 4) is 0 Å². The molecule has 4 fully saturated rings. The van der Waals surface area contributed by atoms with E-state index in [0.29, 0.717) is 12.5 Å². The van der Waals surface area contributed by atoms with Crippen molar-refractivity contribution in [3.63, 3.8) is 0 Å². The molecule has 1 aromatic rings. The van der Waals surface area contributed by atoms with Gasteiger partial charge in [0.05, 0.1) is 0 Å². The molecule has 0 amide bonds. The van der Waals surface area contributed by atoms with E-state index >= 15 is 0 Å². The number of aliphatic hydroxyl groups is 1. The van der Waals surface area contributed by atoms with E-state index in [1.54, 1.807) is 0 Å². The Hall–Kier alpha value is -0.800. The van der Waals surface area contributed by atoms with Crippen molar-refractivity contribution in [1.82, 2.24) is 10.3 Å². The molecule has 110 valence electrons. The lowest BCUT2D eigenvalue weighted by atomic mass is 9.48. The highest BCUT2D eigenvalue weighted by molar-refractivity contribution is 5.23. The lowest BCUT2D eigenvalue weighted by Gasteiger charge is -2.58. The van der Waals surface area contributed by atoms with Gasteiger partial charge in [-0.1, -0.05) is 0 Å². The number of aromatic amines is 1. The summed E-state index contributed by atoms with van der Waals surface area (Å²) in [5, 5.41) is 14.8. The van der Waals surface area contributed by atoms with E-state index in [1.807, 2.05) is 19.4 Å². The molecule has 1 atom stereocenters. The minimum Gasteiger partial charge on any atom is -0.383 e. The van der Waals surface area contributed by atoms with Crippen molar-refractivity contribution in [2.45, 2.75) is 37.7 Å². The molecular weight excluding hydrogens is 248 g/mol. The number of likely N-dealkylation sites (N-methyl/N-ethyl adjacent to an activating group) is 1. The quantitative estimate of drug-likeness (QED) is 0.790. The second-order valence-electron chi connectivity index (χ2n) is 7.51. The summed E-state index contributed by atoms with van der Waals surface area (Å²) >= 11 is 0. The fraction of sp³-hybridized carbons (Fsp3) is 0.765. The maximum absolute atomic E-state index is 11.5. The first kappa shape index (κ1) is 12.9. The lowest BCUT2D eigenvalue weighted by molar-refractivity contribution is -0.145. The van der Waals surface area contributed by atoms with Crippen molar-refractivity contribution >= 4 is 0 Å². The summed E-state index contributed by atoms with van der Waals surface area (Å²) in [6.07, 6.45) is 10.8. The highest BCUT2D eigenvalue weighted by atomic mass is 16.3. The second-order valence-corrected chi connectivity index (χ2v) is 7.51. The number of H-pyrrole nitrogens is 1. The molecular formula is C17H26N2O. The van der Waals surface area contributed by atoms with Gasteiger partial charge in [0.1, 0.15) is 5.60 Å². The Morgan fingerprint density at radius 2 is 1.85 bits per heavy atom. The first-order valence-corrected chi connectivity index (χ1v) is 8.21. The summed E-state index contributed by atoms with van der Waals surface area (Å²) in [6.45, 7) is 0.665. The van der Waals surface area contributed by atoms with E-state index in [9.17, 15) is 5.11 Å².